The second-order valence-corrected chi connectivity index (χ2v) is 8.84. The summed E-state index contributed by atoms with van der Waals surface area (Å²) < 4.78 is 12.6. The minimum atomic E-state index is -0.171. The molecule has 0 spiro atoms. The molecule has 1 fully saturated rings. The van der Waals surface area contributed by atoms with Gasteiger partial charge in [0.15, 0.2) is 5.17 Å². The Bertz CT molecular complexity index is 988. The van der Waals surface area contributed by atoms with Crippen LogP contribution < -0.4 is 14.8 Å². The first-order valence-electron chi connectivity index (χ1n) is 7.99. The van der Waals surface area contributed by atoms with Crippen molar-refractivity contribution >= 4 is 79.8 Å². The van der Waals surface area contributed by atoms with Crippen molar-refractivity contribution in [1.82, 2.24) is 5.32 Å². The Morgan fingerprint density at radius 3 is 2.54 bits per heavy atom. The van der Waals surface area contributed by atoms with E-state index in [2.05, 4.69) is 61.4 Å². The summed E-state index contributed by atoms with van der Waals surface area (Å²) in [4.78, 5) is 17.4. The van der Waals surface area contributed by atoms with E-state index in [9.17, 15) is 4.79 Å². The van der Waals surface area contributed by atoms with Crippen molar-refractivity contribution < 1.29 is 14.3 Å². The van der Waals surface area contributed by atoms with E-state index in [0.29, 0.717) is 10.1 Å². The van der Waals surface area contributed by atoms with Crippen LogP contribution in [0.4, 0.5) is 5.69 Å². The molecule has 0 atom stereocenters. The van der Waals surface area contributed by atoms with Gasteiger partial charge in [0, 0.05) is 0 Å². The van der Waals surface area contributed by atoms with E-state index >= 15 is 0 Å². The highest BCUT2D eigenvalue weighted by Crippen LogP contribution is 2.32. The van der Waals surface area contributed by atoms with Gasteiger partial charge >= 0.3 is 0 Å². The molecule has 1 heterocycles. The third-order valence-corrected chi connectivity index (χ3v) is 6.08. The second kappa shape index (κ2) is 9.67. The largest absolute Gasteiger partial charge is 0.497 e. The Morgan fingerprint density at radius 1 is 1.25 bits per heavy atom. The number of terminal acetylenes is 1. The fourth-order valence-electron chi connectivity index (χ4n) is 2.32. The molecule has 2 aromatic rings. The first-order chi connectivity index (χ1) is 13.5. The number of carbonyl (C=O) groups is 1. The summed E-state index contributed by atoms with van der Waals surface area (Å²) >= 11 is 5.70. The molecule has 142 valence electrons. The molecule has 5 nitrogen and oxygen atoms in total. The van der Waals surface area contributed by atoms with Crippen LogP contribution in [-0.2, 0) is 4.79 Å². The summed E-state index contributed by atoms with van der Waals surface area (Å²) in [5, 5.41) is 3.34. The van der Waals surface area contributed by atoms with Crippen molar-refractivity contribution in [2.75, 3.05) is 13.7 Å². The predicted octanol–water partition coefficient (Wildman–Crippen LogP) is 4.81. The van der Waals surface area contributed by atoms with Gasteiger partial charge in [-0.25, -0.2) is 4.99 Å². The minimum absolute atomic E-state index is 0.171. The van der Waals surface area contributed by atoms with E-state index in [1.165, 1.54) is 11.8 Å². The molecule has 0 aliphatic carbocycles. The van der Waals surface area contributed by atoms with Crippen LogP contribution >= 0.6 is 56.9 Å². The zero-order valence-electron chi connectivity index (χ0n) is 14.7. The zero-order chi connectivity index (χ0) is 20.1. The van der Waals surface area contributed by atoms with Crippen LogP contribution in [0.5, 0.6) is 11.5 Å². The van der Waals surface area contributed by atoms with Gasteiger partial charge in [0.1, 0.15) is 18.1 Å². The number of aliphatic imine (C=N–C) groups is 1. The molecule has 28 heavy (non-hydrogen) atoms. The van der Waals surface area contributed by atoms with E-state index in [1.54, 1.807) is 7.11 Å². The topological polar surface area (TPSA) is 59.9 Å². The smallest absolute Gasteiger partial charge is 0.264 e. The highest BCUT2D eigenvalue weighted by molar-refractivity contribution is 14.1. The number of hydrogen-bond acceptors (Lipinski definition) is 5. The number of hydrogen-bond donors (Lipinski definition) is 1. The van der Waals surface area contributed by atoms with Crippen molar-refractivity contribution in [3.63, 3.8) is 0 Å². The van der Waals surface area contributed by atoms with Crippen molar-refractivity contribution in [2.24, 2.45) is 4.99 Å². The molecule has 0 bridgehead atoms. The molecule has 0 saturated carbocycles. The molecular formula is C20H14I2N2O3S. The number of nitrogens with zero attached hydrogens (tertiary/aromatic N) is 1. The van der Waals surface area contributed by atoms with Crippen LogP contribution in [0.2, 0.25) is 0 Å². The fraction of sp³-hybridized carbons (Fsp3) is 0.100. The van der Waals surface area contributed by atoms with Crippen LogP contribution in [0.1, 0.15) is 5.56 Å². The average Bonchev–Trinajstić information content (AvgIpc) is 3.00. The van der Waals surface area contributed by atoms with Gasteiger partial charge in [-0.05, 0) is 105 Å². The maximum Gasteiger partial charge on any atom is 0.264 e. The first kappa shape index (κ1) is 21.0. The Hall–Kier alpha value is -1.71. The SMILES string of the molecule is C#CCOc1c(I)cc(C=C2SC(=Nc3ccc(OC)cc3)NC2=O)cc1I. The van der Waals surface area contributed by atoms with Crippen LogP contribution in [0.15, 0.2) is 46.3 Å². The van der Waals surface area contributed by atoms with Crippen molar-refractivity contribution in [2.45, 2.75) is 0 Å². The molecule has 8 heteroatoms. The molecule has 0 aromatic heterocycles. The van der Waals surface area contributed by atoms with Gasteiger partial charge in [0.2, 0.25) is 0 Å². The number of amides is 1. The molecule has 1 amide bonds. The van der Waals surface area contributed by atoms with Gasteiger partial charge in [-0.2, -0.15) is 0 Å². The predicted molar refractivity (Wildman–Crippen MR) is 130 cm³/mol. The molecular weight excluding hydrogens is 602 g/mol. The van der Waals surface area contributed by atoms with Gasteiger partial charge in [-0.3, -0.25) is 4.79 Å². The van der Waals surface area contributed by atoms with E-state index in [4.69, 9.17) is 15.9 Å². The molecule has 1 aliphatic heterocycles. The molecule has 1 aliphatic rings. The number of nitrogens with one attached hydrogen (secondary N) is 1. The van der Waals surface area contributed by atoms with Gasteiger partial charge in [-0.15, -0.1) is 6.42 Å². The van der Waals surface area contributed by atoms with Crippen LogP contribution in [0.3, 0.4) is 0 Å². The Labute approximate surface area is 194 Å². The van der Waals surface area contributed by atoms with E-state index < -0.39 is 0 Å². The Kier molecular flexibility index (Phi) is 7.25. The van der Waals surface area contributed by atoms with Crippen LogP contribution in [0.25, 0.3) is 6.08 Å². The number of carbonyl (C=O) groups excluding carboxylic acids is 1. The number of ether oxygens (including phenoxy) is 2. The third-order valence-electron chi connectivity index (χ3n) is 3.57. The third kappa shape index (κ3) is 5.21. The number of thioether (sulfide) groups is 1. The lowest BCUT2D eigenvalue weighted by Crippen LogP contribution is -2.19. The summed E-state index contributed by atoms with van der Waals surface area (Å²) in [5.41, 5.74) is 1.65. The summed E-state index contributed by atoms with van der Waals surface area (Å²) in [7, 11) is 1.61. The summed E-state index contributed by atoms with van der Waals surface area (Å²) in [5.74, 6) is 3.80. The summed E-state index contributed by atoms with van der Waals surface area (Å²) in [6.07, 6.45) is 7.10. The molecule has 2 aromatic carbocycles. The Morgan fingerprint density at radius 2 is 1.93 bits per heavy atom. The molecule has 3 rings (SSSR count). The lowest BCUT2D eigenvalue weighted by atomic mass is 10.2. The number of methoxy groups -OCH3 is 1. The lowest BCUT2D eigenvalue weighted by molar-refractivity contribution is -0.115. The van der Waals surface area contributed by atoms with Crippen molar-refractivity contribution in [3.05, 3.63) is 54.0 Å². The maximum atomic E-state index is 12.3. The number of halogens is 2. The van der Waals surface area contributed by atoms with E-state index in [0.717, 1.165) is 29.9 Å². The van der Waals surface area contributed by atoms with Gasteiger partial charge in [0.25, 0.3) is 5.91 Å². The van der Waals surface area contributed by atoms with Crippen molar-refractivity contribution in [1.29, 1.82) is 0 Å². The number of rotatable bonds is 5. The molecule has 1 saturated heterocycles. The second-order valence-electron chi connectivity index (χ2n) is 5.49. The Balaban J connectivity index is 1.80. The number of amidine groups is 1. The highest BCUT2D eigenvalue weighted by atomic mass is 127. The van der Waals surface area contributed by atoms with Gasteiger partial charge < -0.3 is 14.8 Å². The standard InChI is InChI=1S/C20H14I2N2O3S/c1-3-8-27-18-15(21)9-12(10-16(18)22)11-17-19(25)24-20(28-17)23-13-4-6-14(26-2)7-5-13/h1,4-7,9-11H,8H2,2H3,(H,23,24,25). The molecule has 0 radical (unpaired) electrons. The zero-order valence-corrected chi connectivity index (χ0v) is 19.8. The summed E-state index contributed by atoms with van der Waals surface area (Å²) in [6.45, 7) is 0.218. The van der Waals surface area contributed by atoms with Gasteiger partial charge in [0.05, 0.1) is 24.8 Å². The minimum Gasteiger partial charge on any atom is -0.497 e. The maximum absolute atomic E-state index is 12.3. The number of benzene rings is 2. The monoisotopic (exact) mass is 616 g/mol. The first-order valence-corrected chi connectivity index (χ1v) is 11.0. The van der Waals surface area contributed by atoms with E-state index in [1.807, 2.05) is 42.5 Å². The molecule has 0 unspecified atom stereocenters. The van der Waals surface area contributed by atoms with Crippen molar-refractivity contribution in [3.8, 4) is 23.8 Å². The van der Waals surface area contributed by atoms with Crippen LogP contribution in [-0.4, -0.2) is 24.8 Å². The average molecular weight is 616 g/mol. The molecule has 1 N–H and O–H groups in total. The fourth-order valence-corrected chi connectivity index (χ4v) is 5.29. The quantitative estimate of drug-likeness (QED) is 0.298. The summed E-state index contributed by atoms with van der Waals surface area (Å²) in [6, 6.07) is 11.2. The highest BCUT2D eigenvalue weighted by Gasteiger charge is 2.24. The lowest BCUT2D eigenvalue weighted by Gasteiger charge is -2.09. The van der Waals surface area contributed by atoms with Crippen LogP contribution in [0, 0.1) is 19.5 Å². The normalized spacial score (nSPS) is 16.1. The van der Waals surface area contributed by atoms with E-state index in [-0.39, 0.29) is 12.5 Å². The van der Waals surface area contributed by atoms with Gasteiger partial charge in [-0.1, -0.05) is 5.92 Å².